The molecule has 0 aliphatic carbocycles. The lowest BCUT2D eigenvalue weighted by Crippen LogP contribution is -2.39. The molecule has 108 valence electrons. The molecule has 6 heteroatoms. The van der Waals surface area contributed by atoms with Gasteiger partial charge in [0.25, 0.3) is 0 Å². The fourth-order valence-electron chi connectivity index (χ4n) is 1.76. The van der Waals surface area contributed by atoms with Crippen LogP contribution in [0.1, 0.15) is 31.1 Å². The fourth-order valence-corrected chi connectivity index (χ4v) is 1.97. The van der Waals surface area contributed by atoms with Gasteiger partial charge < -0.3 is 15.0 Å². The summed E-state index contributed by atoms with van der Waals surface area (Å²) in [5, 5.41) is 4.62. The van der Waals surface area contributed by atoms with E-state index in [2.05, 4.69) is 10.1 Å². The lowest BCUT2D eigenvalue weighted by atomic mass is 10.1. The highest BCUT2D eigenvalue weighted by molar-refractivity contribution is 6.30. The van der Waals surface area contributed by atoms with Crippen LogP contribution in [0.5, 0.6) is 0 Å². The maximum atomic E-state index is 6.12. The molecule has 1 aromatic heterocycles. The number of hydrogen-bond donors (Lipinski definition) is 1. The Morgan fingerprint density at radius 1 is 1.45 bits per heavy atom. The Kier molecular flexibility index (Phi) is 4.75. The Morgan fingerprint density at radius 3 is 2.95 bits per heavy atom. The molecule has 5 nitrogen and oxygen atoms in total. The summed E-state index contributed by atoms with van der Waals surface area (Å²) in [6.07, 6.45) is 0.526. The van der Waals surface area contributed by atoms with E-state index in [9.17, 15) is 0 Å². The number of hydrogen-bond acceptors (Lipinski definition) is 5. The minimum Gasteiger partial charge on any atom is -0.379 e. The second-order valence-electron chi connectivity index (χ2n) is 4.87. The minimum absolute atomic E-state index is 0.347. The van der Waals surface area contributed by atoms with Gasteiger partial charge in [0.15, 0.2) is 5.82 Å². The van der Waals surface area contributed by atoms with Gasteiger partial charge in [0.1, 0.15) is 5.54 Å². The average molecular weight is 296 g/mol. The molecule has 2 rings (SSSR count). The summed E-state index contributed by atoms with van der Waals surface area (Å²) in [6, 6.07) is 7.53. The molecular formula is C14H18ClN3O2. The third-order valence-corrected chi connectivity index (χ3v) is 3.06. The van der Waals surface area contributed by atoms with Crippen molar-refractivity contribution in [2.45, 2.75) is 25.8 Å². The van der Waals surface area contributed by atoms with Gasteiger partial charge in [-0.1, -0.05) is 28.9 Å². The second kappa shape index (κ2) is 6.35. The molecule has 1 aromatic carbocycles. The largest absolute Gasteiger partial charge is 0.379 e. The summed E-state index contributed by atoms with van der Waals surface area (Å²) in [5.74, 6) is 0.957. The molecule has 0 saturated heterocycles. The first kappa shape index (κ1) is 15.0. The molecule has 0 aliphatic heterocycles. The highest BCUT2D eigenvalue weighted by atomic mass is 35.5. The summed E-state index contributed by atoms with van der Waals surface area (Å²) in [7, 11) is 0. The van der Waals surface area contributed by atoms with Gasteiger partial charge in [-0.2, -0.15) is 4.98 Å². The second-order valence-corrected chi connectivity index (χ2v) is 5.31. The van der Waals surface area contributed by atoms with Gasteiger partial charge in [-0.15, -0.1) is 0 Å². The summed E-state index contributed by atoms with van der Waals surface area (Å²) in [4.78, 5) is 4.33. The third kappa shape index (κ3) is 3.79. The quantitative estimate of drug-likeness (QED) is 0.886. The number of benzene rings is 1. The van der Waals surface area contributed by atoms with Gasteiger partial charge in [-0.3, -0.25) is 0 Å². The van der Waals surface area contributed by atoms with E-state index in [0.29, 0.717) is 36.4 Å². The summed E-state index contributed by atoms with van der Waals surface area (Å²) >= 11 is 5.94. The van der Waals surface area contributed by atoms with Gasteiger partial charge in [-0.25, -0.2) is 0 Å². The molecule has 0 bridgehead atoms. The molecule has 1 atom stereocenters. The highest BCUT2D eigenvalue weighted by Gasteiger charge is 2.27. The lowest BCUT2D eigenvalue weighted by molar-refractivity contribution is 0.0962. The van der Waals surface area contributed by atoms with E-state index in [1.807, 2.05) is 38.1 Å². The summed E-state index contributed by atoms with van der Waals surface area (Å²) in [5.41, 5.74) is 6.38. The topological polar surface area (TPSA) is 74.2 Å². The van der Waals surface area contributed by atoms with E-state index in [0.717, 1.165) is 5.56 Å². The standard InChI is InChI=1S/C14H18ClN3O2/c1-3-19-9-14(2,16)13-17-12(20-18-13)8-10-5-4-6-11(15)7-10/h4-7H,3,8-9,16H2,1-2H3. The van der Waals surface area contributed by atoms with E-state index >= 15 is 0 Å². The molecule has 2 aromatic rings. The highest BCUT2D eigenvalue weighted by Crippen LogP contribution is 2.18. The number of halogens is 1. The molecule has 0 spiro atoms. The van der Waals surface area contributed by atoms with Gasteiger partial charge in [-0.05, 0) is 31.5 Å². The Morgan fingerprint density at radius 2 is 2.25 bits per heavy atom. The normalized spacial score (nSPS) is 14.2. The third-order valence-electron chi connectivity index (χ3n) is 2.83. The predicted octanol–water partition coefficient (Wildman–Crippen LogP) is 2.52. The maximum Gasteiger partial charge on any atom is 0.231 e. The van der Waals surface area contributed by atoms with Crippen LogP contribution in [0.2, 0.25) is 5.02 Å². The van der Waals surface area contributed by atoms with E-state index in [4.69, 9.17) is 26.6 Å². The smallest absolute Gasteiger partial charge is 0.231 e. The number of ether oxygens (including phenoxy) is 1. The maximum absolute atomic E-state index is 6.12. The average Bonchev–Trinajstić information content (AvgIpc) is 2.86. The lowest BCUT2D eigenvalue weighted by Gasteiger charge is -2.19. The van der Waals surface area contributed by atoms with Crippen molar-refractivity contribution < 1.29 is 9.26 Å². The van der Waals surface area contributed by atoms with Crippen LogP contribution in [0, 0.1) is 0 Å². The fraction of sp³-hybridized carbons (Fsp3) is 0.429. The van der Waals surface area contributed by atoms with Gasteiger partial charge in [0.05, 0.1) is 13.0 Å². The zero-order chi connectivity index (χ0) is 14.6. The molecule has 1 heterocycles. The molecule has 1 unspecified atom stereocenters. The SMILES string of the molecule is CCOCC(C)(N)c1noc(Cc2cccc(Cl)c2)n1. The number of aromatic nitrogens is 2. The Balaban J connectivity index is 2.09. The summed E-state index contributed by atoms with van der Waals surface area (Å²) < 4.78 is 10.6. The summed E-state index contributed by atoms with van der Waals surface area (Å²) in [6.45, 7) is 4.67. The number of rotatable bonds is 6. The number of nitrogens with zero attached hydrogens (tertiary/aromatic N) is 2. The van der Waals surface area contributed by atoms with Gasteiger partial charge in [0, 0.05) is 11.6 Å². The first-order chi connectivity index (χ1) is 9.51. The van der Waals surface area contributed by atoms with Gasteiger partial charge in [0.2, 0.25) is 5.89 Å². The van der Waals surface area contributed by atoms with Crippen molar-refractivity contribution in [2.24, 2.45) is 5.73 Å². The van der Waals surface area contributed by atoms with Crippen LogP contribution in [-0.2, 0) is 16.7 Å². The molecule has 0 saturated carbocycles. The van der Waals surface area contributed by atoms with Crippen LogP contribution in [0.3, 0.4) is 0 Å². The van der Waals surface area contributed by atoms with Crippen LogP contribution in [0.15, 0.2) is 28.8 Å². The molecule has 20 heavy (non-hydrogen) atoms. The van der Waals surface area contributed by atoms with Crippen LogP contribution in [0.4, 0.5) is 0 Å². The van der Waals surface area contributed by atoms with Gasteiger partial charge >= 0.3 is 0 Å². The van der Waals surface area contributed by atoms with Crippen molar-refractivity contribution in [3.05, 3.63) is 46.6 Å². The van der Waals surface area contributed by atoms with Crippen molar-refractivity contribution >= 4 is 11.6 Å². The zero-order valence-electron chi connectivity index (χ0n) is 11.6. The Labute approximate surface area is 123 Å². The molecule has 0 radical (unpaired) electrons. The van der Waals surface area contributed by atoms with Crippen molar-refractivity contribution in [1.29, 1.82) is 0 Å². The first-order valence-corrected chi connectivity index (χ1v) is 6.83. The molecule has 0 amide bonds. The van der Waals surface area contributed by atoms with Crippen LogP contribution in [0.25, 0.3) is 0 Å². The van der Waals surface area contributed by atoms with E-state index in [1.165, 1.54) is 0 Å². The molecule has 2 N–H and O–H groups in total. The minimum atomic E-state index is -0.758. The van der Waals surface area contributed by atoms with Crippen LogP contribution in [-0.4, -0.2) is 23.4 Å². The van der Waals surface area contributed by atoms with E-state index in [-0.39, 0.29) is 0 Å². The van der Waals surface area contributed by atoms with Crippen molar-refractivity contribution in [1.82, 2.24) is 10.1 Å². The molecule has 0 aliphatic rings. The predicted molar refractivity (Wildman–Crippen MR) is 76.6 cm³/mol. The molecular weight excluding hydrogens is 278 g/mol. The van der Waals surface area contributed by atoms with Crippen LogP contribution < -0.4 is 5.73 Å². The number of nitrogens with two attached hydrogens (primary N) is 1. The van der Waals surface area contributed by atoms with E-state index in [1.54, 1.807) is 0 Å². The van der Waals surface area contributed by atoms with E-state index < -0.39 is 5.54 Å². The monoisotopic (exact) mass is 295 g/mol. The van der Waals surface area contributed by atoms with Crippen molar-refractivity contribution in [3.8, 4) is 0 Å². The van der Waals surface area contributed by atoms with Crippen molar-refractivity contribution in [2.75, 3.05) is 13.2 Å². The zero-order valence-corrected chi connectivity index (χ0v) is 12.4. The Bertz CT molecular complexity index is 569. The Hall–Kier alpha value is -1.43. The molecule has 0 fully saturated rings. The first-order valence-electron chi connectivity index (χ1n) is 6.45. The van der Waals surface area contributed by atoms with Crippen molar-refractivity contribution in [3.63, 3.8) is 0 Å². The van der Waals surface area contributed by atoms with Crippen LogP contribution >= 0.6 is 11.6 Å².